The molecule has 1 fully saturated rings. The highest BCUT2D eigenvalue weighted by Crippen LogP contribution is 2.08. The fourth-order valence-corrected chi connectivity index (χ4v) is 1.25. The molecular formula is C9H17NO3. The topological polar surface area (TPSA) is 58.6 Å². The van der Waals surface area contributed by atoms with Crippen LogP contribution in [0.15, 0.2) is 0 Å². The highest BCUT2D eigenvalue weighted by atomic mass is 16.5. The van der Waals surface area contributed by atoms with Gasteiger partial charge in [-0.15, -0.1) is 0 Å². The maximum absolute atomic E-state index is 11.3. The monoisotopic (exact) mass is 187 g/mol. The number of hydrogen-bond acceptors (Lipinski definition) is 4. The molecule has 0 aromatic rings. The summed E-state index contributed by atoms with van der Waals surface area (Å²) in [4.78, 5) is 11.3. The van der Waals surface area contributed by atoms with Crippen LogP contribution in [0.5, 0.6) is 0 Å². The molecule has 1 rings (SSSR count). The number of esters is 1. The standard InChI is InChI=1S/C9H17NO3/c1-6(2)5-13-9(12)8-3-7(11)4-10-8/h6-8,10-11H,3-5H2,1-2H3/t7-,8-/m1/s1. The van der Waals surface area contributed by atoms with Crippen molar-refractivity contribution >= 4 is 5.97 Å². The maximum Gasteiger partial charge on any atom is 0.323 e. The summed E-state index contributed by atoms with van der Waals surface area (Å²) in [6.07, 6.45) is 0.0632. The fraction of sp³-hybridized carbons (Fsp3) is 0.889. The minimum atomic E-state index is -0.406. The number of ether oxygens (including phenoxy) is 1. The smallest absolute Gasteiger partial charge is 0.323 e. The highest BCUT2D eigenvalue weighted by molar-refractivity contribution is 5.76. The molecule has 0 aliphatic carbocycles. The first-order valence-corrected chi connectivity index (χ1v) is 4.67. The number of aliphatic hydroxyl groups is 1. The van der Waals surface area contributed by atoms with Crippen LogP contribution >= 0.6 is 0 Å². The van der Waals surface area contributed by atoms with Gasteiger partial charge in [0.05, 0.1) is 12.7 Å². The molecular weight excluding hydrogens is 170 g/mol. The number of β-amino-alcohol motifs (C(OH)–C–C–N with tert-alkyl or cyclic N) is 1. The molecule has 0 aromatic carbocycles. The summed E-state index contributed by atoms with van der Waals surface area (Å²) in [5, 5.41) is 12.1. The molecule has 76 valence electrons. The van der Waals surface area contributed by atoms with E-state index in [-0.39, 0.29) is 12.0 Å². The summed E-state index contributed by atoms with van der Waals surface area (Å²) in [5.74, 6) is 0.112. The van der Waals surface area contributed by atoms with Gasteiger partial charge < -0.3 is 15.2 Å². The number of hydrogen-bond donors (Lipinski definition) is 2. The number of rotatable bonds is 3. The van der Waals surface area contributed by atoms with Crippen LogP contribution in [0.1, 0.15) is 20.3 Å². The van der Waals surface area contributed by atoms with Gasteiger partial charge in [-0.1, -0.05) is 13.8 Å². The second-order valence-electron chi connectivity index (χ2n) is 3.87. The zero-order valence-electron chi connectivity index (χ0n) is 8.12. The molecule has 0 radical (unpaired) electrons. The Labute approximate surface area is 78.3 Å². The normalized spacial score (nSPS) is 28.0. The van der Waals surface area contributed by atoms with Gasteiger partial charge in [-0.05, 0) is 5.92 Å². The van der Waals surface area contributed by atoms with Gasteiger partial charge >= 0.3 is 5.97 Å². The number of nitrogens with one attached hydrogen (secondary N) is 1. The van der Waals surface area contributed by atoms with Gasteiger partial charge in [0.25, 0.3) is 0 Å². The van der Waals surface area contributed by atoms with E-state index < -0.39 is 6.10 Å². The quantitative estimate of drug-likeness (QED) is 0.606. The fourth-order valence-electron chi connectivity index (χ4n) is 1.25. The van der Waals surface area contributed by atoms with Gasteiger partial charge in [0, 0.05) is 13.0 Å². The van der Waals surface area contributed by atoms with Crippen molar-refractivity contribution in [3.63, 3.8) is 0 Å². The van der Waals surface area contributed by atoms with E-state index in [0.29, 0.717) is 25.5 Å². The Kier molecular flexibility index (Phi) is 3.69. The van der Waals surface area contributed by atoms with Gasteiger partial charge in [-0.25, -0.2) is 0 Å². The molecule has 1 aliphatic rings. The van der Waals surface area contributed by atoms with Gasteiger partial charge in [0.1, 0.15) is 6.04 Å². The Morgan fingerprint density at radius 1 is 1.69 bits per heavy atom. The van der Waals surface area contributed by atoms with Crippen LogP contribution in [-0.2, 0) is 9.53 Å². The van der Waals surface area contributed by atoms with Crippen molar-refractivity contribution in [2.75, 3.05) is 13.2 Å². The average molecular weight is 187 g/mol. The van der Waals surface area contributed by atoms with E-state index in [1.165, 1.54) is 0 Å². The lowest BCUT2D eigenvalue weighted by Crippen LogP contribution is -2.33. The lowest BCUT2D eigenvalue weighted by Gasteiger charge is -2.11. The highest BCUT2D eigenvalue weighted by Gasteiger charge is 2.29. The van der Waals surface area contributed by atoms with E-state index in [1.807, 2.05) is 13.8 Å². The molecule has 2 N–H and O–H groups in total. The van der Waals surface area contributed by atoms with Crippen molar-refractivity contribution in [2.45, 2.75) is 32.4 Å². The van der Waals surface area contributed by atoms with Crippen LogP contribution in [0.25, 0.3) is 0 Å². The minimum Gasteiger partial charge on any atom is -0.464 e. The van der Waals surface area contributed by atoms with E-state index in [2.05, 4.69) is 5.32 Å². The van der Waals surface area contributed by atoms with Crippen molar-refractivity contribution in [1.29, 1.82) is 0 Å². The molecule has 4 heteroatoms. The predicted molar refractivity (Wildman–Crippen MR) is 48.2 cm³/mol. The summed E-state index contributed by atoms with van der Waals surface area (Å²) in [5.41, 5.74) is 0. The van der Waals surface area contributed by atoms with Gasteiger partial charge in [0.2, 0.25) is 0 Å². The summed E-state index contributed by atoms with van der Waals surface area (Å²) in [6, 6.07) is -0.311. The first-order chi connectivity index (χ1) is 6.09. The molecule has 0 saturated carbocycles. The summed E-state index contributed by atoms with van der Waals surface area (Å²) in [7, 11) is 0. The molecule has 13 heavy (non-hydrogen) atoms. The molecule has 1 aliphatic heterocycles. The third kappa shape index (κ3) is 3.32. The number of carbonyl (C=O) groups is 1. The van der Waals surface area contributed by atoms with E-state index in [4.69, 9.17) is 9.84 Å². The summed E-state index contributed by atoms with van der Waals surface area (Å²) >= 11 is 0. The second-order valence-corrected chi connectivity index (χ2v) is 3.87. The Balaban J connectivity index is 2.24. The van der Waals surface area contributed by atoms with Crippen LogP contribution < -0.4 is 5.32 Å². The maximum atomic E-state index is 11.3. The van der Waals surface area contributed by atoms with Crippen LogP contribution in [0.2, 0.25) is 0 Å². The van der Waals surface area contributed by atoms with E-state index in [1.54, 1.807) is 0 Å². The van der Waals surface area contributed by atoms with Crippen molar-refractivity contribution < 1.29 is 14.6 Å². The van der Waals surface area contributed by atoms with Gasteiger partial charge in [-0.2, -0.15) is 0 Å². The minimum absolute atomic E-state index is 0.245. The second kappa shape index (κ2) is 4.58. The first-order valence-electron chi connectivity index (χ1n) is 4.67. The van der Waals surface area contributed by atoms with Crippen LogP contribution in [0.4, 0.5) is 0 Å². The molecule has 4 nitrogen and oxygen atoms in total. The van der Waals surface area contributed by atoms with Gasteiger partial charge in [0.15, 0.2) is 0 Å². The SMILES string of the molecule is CC(C)COC(=O)[C@H]1C[C@@H](O)CN1. The first kappa shape index (κ1) is 10.5. The van der Waals surface area contributed by atoms with Crippen LogP contribution in [0.3, 0.4) is 0 Å². The van der Waals surface area contributed by atoms with Crippen LogP contribution in [-0.4, -0.2) is 36.4 Å². The largest absolute Gasteiger partial charge is 0.464 e. The Hall–Kier alpha value is -0.610. The average Bonchev–Trinajstić information content (AvgIpc) is 2.47. The summed E-state index contributed by atoms with van der Waals surface area (Å²) < 4.78 is 5.02. The third-order valence-electron chi connectivity index (χ3n) is 1.95. The Morgan fingerprint density at radius 3 is 2.85 bits per heavy atom. The molecule has 2 atom stereocenters. The number of aliphatic hydroxyl groups excluding tert-OH is 1. The van der Waals surface area contributed by atoms with E-state index in [9.17, 15) is 4.79 Å². The Morgan fingerprint density at radius 2 is 2.38 bits per heavy atom. The lowest BCUT2D eigenvalue weighted by molar-refractivity contribution is -0.147. The van der Waals surface area contributed by atoms with Crippen LogP contribution in [0, 0.1) is 5.92 Å². The molecule has 1 saturated heterocycles. The third-order valence-corrected chi connectivity index (χ3v) is 1.95. The van der Waals surface area contributed by atoms with Crippen molar-refractivity contribution in [2.24, 2.45) is 5.92 Å². The van der Waals surface area contributed by atoms with Crippen molar-refractivity contribution in [3.8, 4) is 0 Å². The predicted octanol–water partition coefficient (Wildman–Crippen LogP) is -0.0916. The zero-order valence-corrected chi connectivity index (χ0v) is 8.12. The van der Waals surface area contributed by atoms with Gasteiger partial charge in [-0.3, -0.25) is 4.79 Å². The lowest BCUT2D eigenvalue weighted by atomic mass is 10.2. The summed E-state index contributed by atoms with van der Waals surface area (Å²) in [6.45, 7) is 4.92. The molecule has 0 bridgehead atoms. The van der Waals surface area contributed by atoms with Crippen molar-refractivity contribution in [3.05, 3.63) is 0 Å². The Bertz CT molecular complexity index is 182. The molecule has 0 spiro atoms. The molecule has 0 aromatic heterocycles. The molecule has 0 amide bonds. The van der Waals surface area contributed by atoms with Crippen molar-refractivity contribution in [1.82, 2.24) is 5.32 Å². The zero-order chi connectivity index (χ0) is 9.84. The van der Waals surface area contributed by atoms with E-state index >= 15 is 0 Å². The number of carbonyl (C=O) groups excluding carboxylic acids is 1. The van der Waals surface area contributed by atoms with E-state index in [0.717, 1.165) is 0 Å². The molecule has 0 unspecified atom stereocenters. The molecule has 1 heterocycles.